The van der Waals surface area contributed by atoms with Crippen LogP contribution >= 0.6 is 22.9 Å². The summed E-state index contributed by atoms with van der Waals surface area (Å²) in [6, 6.07) is 9.53. The summed E-state index contributed by atoms with van der Waals surface area (Å²) in [7, 11) is 1.97. The fourth-order valence-corrected chi connectivity index (χ4v) is 2.66. The number of aliphatic hydroxyl groups excluding tert-OH is 1. The molecule has 0 unspecified atom stereocenters. The highest BCUT2D eigenvalue weighted by Gasteiger charge is 2.06. The summed E-state index contributed by atoms with van der Waals surface area (Å²) in [5, 5.41) is 9.04. The molecule has 0 amide bonds. The predicted molar refractivity (Wildman–Crippen MR) is 71.6 cm³/mol. The molecule has 17 heavy (non-hydrogen) atoms. The van der Waals surface area contributed by atoms with Gasteiger partial charge in [0, 0.05) is 11.9 Å². The molecule has 0 spiro atoms. The van der Waals surface area contributed by atoms with Crippen molar-refractivity contribution >= 4 is 28.8 Å². The Balaban J connectivity index is 2.11. The van der Waals surface area contributed by atoms with Crippen LogP contribution in [0.25, 0.3) is 0 Å². The highest BCUT2D eigenvalue weighted by molar-refractivity contribution is 7.16. The van der Waals surface area contributed by atoms with Crippen LogP contribution in [0.4, 0.5) is 5.82 Å². The smallest absolute Gasteiger partial charge is 0.128 e. The van der Waals surface area contributed by atoms with Gasteiger partial charge in [0.15, 0.2) is 0 Å². The predicted octanol–water partition coefficient (Wildman–Crippen LogP) is 2.93. The summed E-state index contributed by atoms with van der Waals surface area (Å²) >= 11 is 7.46. The Morgan fingerprint density at radius 2 is 2.18 bits per heavy atom. The summed E-state index contributed by atoms with van der Waals surface area (Å²) in [6.45, 7) is 0.728. The van der Waals surface area contributed by atoms with E-state index >= 15 is 0 Å². The normalized spacial score (nSPS) is 10.5. The highest BCUT2D eigenvalue weighted by Crippen LogP contribution is 2.23. The first-order valence-electron chi connectivity index (χ1n) is 5.21. The second kappa shape index (κ2) is 5.49. The van der Waals surface area contributed by atoms with Gasteiger partial charge in [-0.1, -0.05) is 17.7 Å². The molecule has 90 valence electrons. The SMILES string of the molecule is CN(Cc1ccc(Cl)s1)c1cccc(CO)n1. The zero-order chi connectivity index (χ0) is 12.3. The minimum atomic E-state index is -0.0352. The van der Waals surface area contributed by atoms with Crippen LogP contribution in [-0.4, -0.2) is 17.1 Å². The average molecular weight is 269 g/mol. The molecule has 0 aliphatic carbocycles. The molecule has 0 aliphatic heterocycles. The van der Waals surface area contributed by atoms with Crippen molar-refractivity contribution in [2.45, 2.75) is 13.2 Å². The molecule has 0 atom stereocenters. The van der Waals surface area contributed by atoms with E-state index in [1.807, 2.05) is 36.2 Å². The largest absolute Gasteiger partial charge is 0.390 e. The summed E-state index contributed by atoms with van der Waals surface area (Å²) in [5.74, 6) is 0.848. The van der Waals surface area contributed by atoms with Crippen LogP contribution in [0, 0.1) is 0 Å². The maximum absolute atomic E-state index is 9.04. The molecule has 0 radical (unpaired) electrons. The fourth-order valence-electron chi connectivity index (χ4n) is 1.52. The van der Waals surface area contributed by atoms with Gasteiger partial charge in [-0.2, -0.15) is 0 Å². The maximum atomic E-state index is 9.04. The number of thiophene rings is 1. The third-order valence-electron chi connectivity index (χ3n) is 2.37. The molecule has 0 aliphatic rings. The van der Waals surface area contributed by atoms with Gasteiger partial charge in [-0.05, 0) is 24.3 Å². The van der Waals surface area contributed by atoms with Crippen LogP contribution in [0.1, 0.15) is 10.6 Å². The molecule has 2 heterocycles. The fraction of sp³-hybridized carbons (Fsp3) is 0.250. The number of halogens is 1. The van der Waals surface area contributed by atoms with E-state index in [2.05, 4.69) is 4.98 Å². The van der Waals surface area contributed by atoms with Gasteiger partial charge < -0.3 is 10.0 Å². The van der Waals surface area contributed by atoms with Gasteiger partial charge >= 0.3 is 0 Å². The van der Waals surface area contributed by atoms with Crippen LogP contribution in [-0.2, 0) is 13.2 Å². The van der Waals surface area contributed by atoms with Crippen LogP contribution < -0.4 is 4.90 Å². The minimum absolute atomic E-state index is 0.0352. The second-order valence-corrected chi connectivity index (χ2v) is 5.51. The first-order chi connectivity index (χ1) is 8.19. The van der Waals surface area contributed by atoms with Crippen LogP contribution in [0.2, 0.25) is 4.34 Å². The lowest BCUT2D eigenvalue weighted by molar-refractivity contribution is 0.277. The lowest BCUT2D eigenvalue weighted by atomic mass is 10.3. The van der Waals surface area contributed by atoms with Crippen LogP contribution in [0.5, 0.6) is 0 Å². The van der Waals surface area contributed by atoms with Gasteiger partial charge in [0.1, 0.15) is 5.82 Å². The monoisotopic (exact) mass is 268 g/mol. The van der Waals surface area contributed by atoms with Gasteiger partial charge in [-0.25, -0.2) is 4.98 Å². The van der Waals surface area contributed by atoms with E-state index in [1.54, 1.807) is 17.4 Å². The number of aromatic nitrogens is 1. The Morgan fingerprint density at radius 1 is 1.35 bits per heavy atom. The first kappa shape index (κ1) is 12.4. The van der Waals surface area contributed by atoms with E-state index in [0.29, 0.717) is 5.69 Å². The number of hydrogen-bond donors (Lipinski definition) is 1. The van der Waals surface area contributed by atoms with E-state index < -0.39 is 0 Å². The Bertz CT molecular complexity index is 501. The molecule has 2 aromatic heterocycles. The molecular weight excluding hydrogens is 256 g/mol. The Hall–Kier alpha value is -1.10. The minimum Gasteiger partial charge on any atom is -0.390 e. The lowest BCUT2D eigenvalue weighted by Crippen LogP contribution is -2.17. The summed E-state index contributed by atoms with van der Waals surface area (Å²) in [6.07, 6.45) is 0. The lowest BCUT2D eigenvalue weighted by Gasteiger charge is -2.17. The topological polar surface area (TPSA) is 36.4 Å². The highest BCUT2D eigenvalue weighted by atomic mass is 35.5. The quantitative estimate of drug-likeness (QED) is 0.926. The Kier molecular flexibility index (Phi) is 3.99. The number of anilines is 1. The first-order valence-corrected chi connectivity index (χ1v) is 6.40. The summed E-state index contributed by atoms with van der Waals surface area (Å²) in [5.41, 5.74) is 0.679. The molecule has 5 heteroatoms. The molecule has 0 aromatic carbocycles. The summed E-state index contributed by atoms with van der Waals surface area (Å²) in [4.78, 5) is 7.56. The van der Waals surface area contributed by atoms with Gasteiger partial charge in [-0.15, -0.1) is 11.3 Å². The average Bonchev–Trinajstić information content (AvgIpc) is 2.75. The van der Waals surface area contributed by atoms with E-state index in [0.717, 1.165) is 16.7 Å². The molecule has 0 fully saturated rings. The van der Waals surface area contributed by atoms with Gasteiger partial charge in [0.25, 0.3) is 0 Å². The number of pyridine rings is 1. The Morgan fingerprint density at radius 3 is 2.82 bits per heavy atom. The molecule has 2 aromatic rings. The summed E-state index contributed by atoms with van der Waals surface area (Å²) < 4.78 is 0.797. The number of hydrogen-bond acceptors (Lipinski definition) is 4. The van der Waals surface area contributed by atoms with Crippen molar-refractivity contribution in [1.82, 2.24) is 4.98 Å². The van der Waals surface area contributed by atoms with Gasteiger partial charge in [-0.3, -0.25) is 0 Å². The van der Waals surface area contributed by atoms with Crippen molar-refractivity contribution in [3.8, 4) is 0 Å². The number of rotatable bonds is 4. The van der Waals surface area contributed by atoms with Crippen molar-refractivity contribution in [3.05, 3.63) is 45.2 Å². The zero-order valence-electron chi connectivity index (χ0n) is 9.43. The third kappa shape index (κ3) is 3.19. The van der Waals surface area contributed by atoms with Crippen molar-refractivity contribution in [2.24, 2.45) is 0 Å². The van der Waals surface area contributed by atoms with Crippen molar-refractivity contribution in [1.29, 1.82) is 0 Å². The molecule has 0 bridgehead atoms. The van der Waals surface area contributed by atoms with E-state index in [9.17, 15) is 0 Å². The van der Waals surface area contributed by atoms with Crippen molar-refractivity contribution in [3.63, 3.8) is 0 Å². The van der Waals surface area contributed by atoms with E-state index in [1.165, 1.54) is 4.88 Å². The van der Waals surface area contributed by atoms with Gasteiger partial charge in [0.05, 0.1) is 23.2 Å². The van der Waals surface area contributed by atoms with Crippen molar-refractivity contribution in [2.75, 3.05) is 11.9 Å². The zero-order valence-corrected chi connectivity index (χ0v) is 11.0. The molecular formula is C12H13ClN2OS. The molecule has 3 nitrogen and oxygen atoms in total. The standard InChI is InChI=1S/C12H13ClN2OS/c1-15(7-10-5-6-11(13)17-10)12-4-2-3-9(8-16)14-12/h2-6,16H,7-8H2,1H3. The van der Waals surface area contributed by atoms with E-state index in [4.69, 9.17) is 16.7 Å². The number of nitrogens with zero attached hydrogens (tertiary/aromatic N) is 2. The third-order valence-corrected chi connectivity index (χ3v) is 3.58. The number of aliphatic hydroxyl groups is 1. The maximum Gasteiger partial charge on any atom is 0.128 e. The Labute approximate surface area is 109 Å². The molecule has 0 saturated heterocycles. The second-order valence-electron chi connectivity index (χ2n) is 3.71. The molecule has 0 saturated carbocycles. The van der Waals surface area contributed by atoms with Gasteiger partial charge in [0.2, 0.25) is 0 Å². The molecule has 2 rings (SSSR count). The van der Waals surface area contributed by atoms with E-state index in [-0.39, 0.29) is 6.61 Å². The van der Waals surface area contributed by atoms with Crippen LogP contribution in [0.3, 0.4) is 0 Å². The van der Waals surface area contributed by atoms with Crippen molar-refractivity contribution < 1.29 is 5.11 Å². The van der Waals surface area contributed by atoms with Crippen LogP contribution in [0.15, 0.2) is 30.3 Å². The molecule has 1 N–H and O–H groups in total.